The number of imide groups is 1. The second-order valence-electron chi connectivity index (χ2n) is 6.85. The summed E-state index contributed by atoms with van der Waals surface area (Å²) in [4.78, 5) is 50.4. The number of rotatable bonds is 5. The summed E-state index contributed by atoms with van der Waals surface area (Å²) < 4.78 is 16.1. The topological polar surface area (TPSA) is 99.2 Å². The van der Waals surface area contributed by atoms with Gasteiger partial charge in [-0.15, -0.1) is 0 Å². The first-order chi connectivity index (χ1) is 14.5. The van der Waals surface area contributed by atoms with E-state index >= 15 is 0 Å². The van der Waals surface area contributed by atoms with Crippen LogP contribution in [-0.4, -0.2) is 54.8 Å². The third kappa shape index (κ3) is 3.89. The summed E-state index contributed by atoms with van der Waals surface area (Å²) in [5.41, 5.74) is 0.514. The lowest BCUT2D eigenvalue weighted by Crippen LogP contribution is -2.35. The van der Waals surface area contributed by atoms with Crippen molar-refractivity contribution in [2.24, 2.45) is 0 Å². The van der Waals surface area contributed by atoms with Gasteiger partial charge in [0.25, 0.3) is 5.91 Å². The van der Waals surface area contributed by atoms with E-state index in [0.717, 1.165) is 4.90 Å². The molecular formula is C22H19NO7. The quantitative estimate of drug-likeness (QED) is 0.550. The third-order valence-corrected chi connectivity index (χ3v) is 4.90. The molecule has 8 heteroatoms. The standard InChI is InChI=1S/C22H19NO7/c24-19-6-3-9-23(19)20(25)13-30-22(27)16-5-2-1-4-15(16)21(26)14-7-8-17-18(12-14)29-11-10-28-17/h1-2,4-5,7-8,12H,3,6,9-11,13H2. The summed E-state index contributed by atoms with van der Waals surface area (Å²) in [5.74, 6) is -1.02. The fourth-order valence-electron chi connectivity index (χ4n) is 3.39. The molecule has 154 valence electrons. The molecule has 2 heterocycles. The average molecular weight is 409 g/mol. The maximum Gasteiger partial charge on any atom is 0.339 e. The Hall–Kier alpha value is -3.68. The maximum atomic E-state index is 13.0. The van der Waals surface area contributed by atoms with Crippen LogP contribution in [0.2, 0.25) is 0 Å². The summed E-state index contributed by atoms with van der Waals surface area (Å²) in [6.45, 7) is 0.601. The van der Waals surface area contributed by atoms with Crippen LogP contribution in [-0.2, 0) is 14.3 Å². The molecule has 30 heavy (non-hydrogen) atoms. The predicted molar refractivity (Wildman–Crippen MR) is 104 cm³/mol. The van der Waals surface area contributed by atoms with Crippen LogP contribution in [0.5, 0.6) is 11.5 Å². The molecule has 0 N–H and O–H groups in total. The van der Waals surface area contributed by atoms with Crippen molar-refractivity contribution in [1.29, 1.82) is 0 Å². The van der Waals surface area contributed by atoms with Crippen LogP contribution >= 0.6 is 0 Å². The predicted octanol–water partition coefficient (Wildman–Crippen LogP) is 1.99. The fraction of sp³-hybridized carbons (Fsp3) is 0.273. The number of nitrogens with zero attached hydrogens (tertiary/aromatic N) is 1. The van der Waals surface area contributed by atoms with Crippen molar-refractivity contribution in [3.05, 3.63) is 59.2 Å². The monoisotopic (exact) mass is 409 g/mol. The maximum absolute atomic E-state index is 13.0. The number of benzene rings is 2. The van der Waals surface area contributed by atoms with Crippen molar-refractivity contribution in [2.75, 3.05) is 26.4 Å². The highest BCUT2D eigenvalue weighted by molar-refractivity contribution is 6.14. The van der Waals surface area contributed by atoms with Crippen LogP contribution in [0.1, 0.15) is 39.1 Å². The molecule has 2 aromatic rings. The Morgan fingerprint density at radius 2 is 1.70 bits per heavy atom. The van der Waals surface area contributed by atoms with Crippen molar-refractivity contribution in [3.63, 3.8) is 0 Å². The summed E-state index contributed by atoms with van der Waals surface area (Å²) in [6.07, 6.45) is 0.915. The molecule has 0 aliphatic carbocycles. The van der Waals surface area contributed by atoms with Crippen LogP contribution < -0.4 is 9.47 Å². The normalized spacial score (nSPS) is 15.1. The van der Waals surface area contributed by atoms with E-state index in [1.165, 1.54) is 12.1 Å². The second kappa shape index (κ2) is 8.36. The number of amides is 2. The van der Waals surface area contributed by atoms with Crippen molar-refractivity contribution in [1.82, 2.24) is 4.90 Å². The summed E-state index contributed by atoms with van der Waals surface area (Å²) in [6, 6.07) is 11.0. The smallest absolute Gasteiger partial charge is 0.339 e. The van der Waals surface area contributed by atoms with Gasteiger partial charge in [-0.05, 0) is 30.7 Å². The summed E-state index contributed by atoms with van der Waals surface area (Å²) in [5, 5.41) is 0. The molecule has 0 unspecified atom stereocenters. The molecule has 2 aliphatic rings. The molecule has 4 rings (SSSR count). The second-order valence-corrected chi connectivity index (χ2v) is 6.85. The third-order valence-electron chi connectivity index (χ3n) is 4.90. The van der Waals surface area contributed by atoms with Gasteiger partial charge in [0.15, 0.2) is 23.9 Å². The minimum Gasteiger partial charge on any atom is -0.486 e. The average Bonchev–Trinajstić information content (AvgIpc) is 3.22. The number of carbonyl (C=O) groups excluding carboxylic acids is 4. The number of fused-ring (bicyclic) bond motifs is 1. The first-order valence-electron chi connectivity index (χ1n) is 9.58. The van der Waals surface area contributed by atoms with Gasteiger partial charge in [-0.3, -0.25) is 19.3 Å². The van der Waals surface area contributed by atoms with Gasteiger partial charge in [0.2, 0.25) is 5.91 Å². The number of ketones is 1. The van der Waals surface area contributed by atoms with E-state index in [-0.39, 0.29) is 22.8 Å². The van der Waals surface area contributed by atoms with E-state index < -0.39 is 18.5 Å². The number of esters is 1. The lowest BCUT2D eigenvalue weighted by atomic mass is 9.98. The molecule has 1 fully saturated rings. The minimum atomic E-state index is -0.809. The molecule has 0 bridgehead atoms. The Morgan fingerprint density at radius 1 is 0.967 bits per heavy atom. The zero-order valence-electron chi connectivity index (χ0n) is 16.1. The van der Waals surface area contributed by atoms with E-state index in [1.54, 1.807) is 30.3 Å². The molecule has 1 saturated heterocycles. The highest BCUT2D eigenvalue weighted by atomic mass is 16.6. The SMILES string of the molecule is O=C(OCC(=O)N1CCCC1=O)c1ccccc1C(=O)c1ccc2c(c1)OCCO2. The highest BCUT2D eigenvalue weighted by Gasteiger charge is 2.28. The fourth-order valence-corrected chi connectivity index (χ4v) is 3.39. The summed E-state index contributed by atoms with van der Waals surface area (Å²) >= 11 is 0. The van der Waals surface area contributed by atoms with E-state index in [9.17, 15) is 19.2 Å². The minimum absolute atomic E-state index is 0.0398. The number of hydrogen-bond donors (Lipinski definition) is 0. The van der Waals surface area contributed by atoms with Gasteiger partial charge in [0, 0.05) is 24.1 Å². The molecule has 0 spiro atoms. The van der Waals surface area contributed by atoms with Gasteiger partial charge in [-0.2, -0.15) is 0 Å². The van der Waals surface area contributed by atoms with Gasteiger partial charge in [0.1, 0.15) is 13.2 Å². The van der Waals surface area contributed by atoms with E-state index in [0.29, 0.717) is 49.7 Å². The first kappa shape index (κ1) is 19.6. The van der Waals surface area contributed by atoms with Crippen LogP contribution in [0.3, 0.4) is 0 Å². The van der Waals surface area contributed by atoms with Gasteiger partial charge < -0.3 is 14.2 Å². The first-order valence-corrected chi connectivity index (χ1v) is 9.58. The number of likely N-dealkylation sites (tertiary alicyclic amines) is 1. The Labute approximate surface area is 172 Å². The number of carbonyl (C=O) groups is 4. The number of hydrogen-bond acceptors (Lipinski definition) is 7. The van der Waals surface area contributed by atoms with Crippen LogP contribution in [0.4, 0.5) is 0 Å². The van der Waals surface area contributed by atoms with Crippen molar-refractivity contribution in [3.8, 4) is 11.5 Å². The van der Waals surface area contributed by atoms with Crippen LogP contribution in [0.15, 0.2) is 42.5 Å². The van der Waals surface area contributed by atoms with Gasteiger partial charge in [-0.25, -0.2) is 4.79 Å². The van der Waals surface area contributed by atoms with Gasteiger partial charge in [0.05, 0.1) is 5.56 Å². The Balaban J connectivity index is 1.50. The molecule has 8 nitrogen and oxygen atoms in total. The highest BCUT2D eigenvalue weighted by Crippen LogP contribution is 2.31. The number of ether oxygens (including phenoxy) is 3. The van der Waals surface area contributed by atoms with Crippen LogP contribution in [0.25, 0.3) is 0 Å². The molecule has 0 radical (unpaired) electrons. The molecule has 0 atom stereocenters. The van der Waals surface area contributed by atoms with E-state index in [1.807, 2.05) is 0 Å². The van der Waals surface area contributed by atoms with Crippen LogP contribution in [0, 0.1) is 0 Å². The molecular weight excluding hydrogens is 390 g/mol. The summed E-state index contributed by atoms with van der Waals surface area (Å²) in [7, 11) is 0. The molecule has 0 saturated carbocycles. The molecule has 2 amide bonds. The van der Waals surface area contributed by atoms with E-state index in [2.05, 4.69) is 0 Å². The zero-order chi connectivity index (χ0) is 21.1. The Kier molecular flexibility index (Phi) is 5.47. The Morgan fingerprint density at radius 3 is 2.43 bits per heavy atom. The molecule has 2 aromatic carbocycles. The van der Waals surface area contributed by atoms with Crippen molar-refractivity contribution in [2.45, 2.75) is 12.8 Å². The van der Waals surface area contributed by atoms with Crippen molar-refractivity contribution < 1.29 is 33.4 Å². The zero-order valence-corrected chi connectivity index (χ0v) is 16.1. The lowest BCUT2D eigenvalue weighted by molar-refractivity contribution is -0.143. The Bertz CT molecular complexity index is 1030. The molecule has 2 aliphatic heterocycles. The lowest BCUT2D eigenvalue weighted by Gasteiger charge is -2.18. The van der Waals surface area contributed by atoms with Gasteiger partial charge >= 0.3 is 5.97 Å². The largest absolute Gasteiger partial charge is 0.486 e. The van der Waals surface area contributed by atoms with Crippen molar-refractivity contribution >= 4 is 23.6 Å². The van der Waals surface area contributed by atoms with Gasteiger partial charge in [-0.1, -0.05) is 18.2 Å². The molecule has 0 aromatic heterocycles. The van der Waals surface area contributed by atoms with E-state index in [4.69, 9.17) is 14.2 Å².